The minimum absolute atomic E-state index is 1.21. The second-order valence-corrected chi connectivity index (χ2v) is 6.77. The maximum atomic E-state index is 9.75. The summed E-state index contributed by atoms with van der Waals surface area (Å²) in [6.07, 6.45) is 6.45. The van der Waals surface area contributed by atoms with Gasteiger partial charge in [0.25, 0.3) is 16.7 Å². The first-order valence-corrected chi connectivity index (χ1v) is 9.30. The van der Waals surface area contributed by atoms with Crippen molar-refractivity contribution in [3.8, 4) is 11.3 Å². The zero-order valence-corrected chi connectivity index (χ0v) is 17.0. The lowest BCUT2D eigenvalue weighted by Gasteiger charge is -2.04. The maximum Gasteiger partial charge on any atom is 0.673 e. The van der Waals surface area contributed by atoms with Crippen molar-refractivity contribution in [3.05, 3.63) is 84.3 Å². The summed E-state index contributed by atoms with van der Waals surface area (Å²) in [6, 6.07) is 19.3. The lowest BCUT2D eigenvalue weighted by molar-refractivity contribution is -0.556. The Bertz CT molecular complexity index is 1190. The van der Waals surface area contributed by atoms with Crippen molar-refractivity contribution < 1.29 is 43.3 Å². The van der Waals surface area contributed by atoms with E-state index in [1.807, 2.05) is 0 Å². The third kappa shape index (κ3) is 7.82. The fourth-order valence-electron chi connectivity index (χ4n) is 3.14. The van der Waals surface area contributed by atoms with Gasteiger partial charge in [0, 0.05) is 24.3 Å². The Morgan fingerprint density at radius 3 is 1.75 bits per heavy atom. The van der Waals surface area contributed by atoms with Gasteiger partial charge >= 0.3 is 14.5 Å². The van der Waals surface area contributed by atoms with Gasteiger partial charge in [-0.1, -0.05) is 17.7 Å². The number of rotatable bonds is 1. The van der Waals surface area contributed by atoms with Crippen LogP contribution >= 0.6 is 0 Å². The Morgan fingerprint density at radius 2 is 1.19 bits per heavy atom. The summed E-state index contributed by atoms with van der Waals surface area (Å²) in [5.41, 5.74) is 7.48. The standard InChI is InChI=1S/C20H18N2.2BF4/c1-15-9-10-17(16(2)13-15)20-14-21-11-5-3-7-18(21)19-8-4-6-12-22(19)20;2*2-1(3,4)5/h3-14H,1-2H3;;/q+2;2*-1. The number of hydrogen-bond acceptors (Lipinski definition) is 0. The molecule has 0 aliphatic heterocycles. The molecule has 0 N–H and O–H groups in total. The molecule has 1 aromatic carbocycles. The molecular formula is C20H18B2F8N2. The van der Waals surface area contributed by atoms with Gasteiger partial charge in [0.05, 0.1) is 5.56 Å². The van der Waals surface area contributed by atoms with Crippen LogP contribution in [0.4, 0.5) is 34.5 Å². The topological polar surface area (TPSA) is 8.20 Å². The van der Waals surface area contributed by atoms with E-state index in [4.69, 9.17) is 0 Å². The molecular weight excluding hydrogens is 442 g/mol. The molecule has 4 aromatic rings. The summed E-state index contributed by atoms with van der Waals surface area (Å²) >= 11 is 0. The van der Waals surface area contributed by atoms with E-state index in [2.05, 4.69) is 95.8 Å². The molecule has 0 saturated heterocycles. The van der Waals surface area contributed by atoms with Crippen molar-refractivity contribution in [3.63, 3.8) is 0 Å². The highest BCUT2D eigenvalue weighted by Gasteiger charge is 2.23. The van der Waals surface area contributed by atoms with Crippen LogP contribution in [0.3, 0.4) is 0 Å². The summed E-state index contributed by atoms with van der Waals surface area (Å²) in [6.45, 7) is 4.31. The molecule has 2 nitrogen and oxygen atoms in total. The van der Waals surface area contributed by atoms with E-state index in [1.54, 1.807) is 0 Å². The fraction of sp³-hybridized carbons (Fsp3) is 0.100. The third-order valence-electron chi connectivity index (χ3n) is 4.19. The fourth-order valence-corrected chi connectivity index (χ4v) is 3.14. The third-order valence-corrected chi connectivity index (χ3v) is 4.19. The summed E-state index contributed by atoms with van der Waals surface area (Å²) in [7, 11) is -12.0. The molecule has 0 radical (unpaired) electrons. The van der Waals surface area contributed by atoms with E-state index in [1.165, 1.54) is 33.4 Å². The number of fused-ring (bicyclic) bond motifs is 3. The van der Waals surface area contributed by atoms with Crippen LogP contribution in [0.25, 0.3) is 22.3 Å². The predicted molar refractivity (Wildman–Crippen MR) is 108 cm³/mol. The molecule has 3 aromatic heterocycles. The molecule has 0 unspecified atom stereocenters. The zero-order valence-electron chi connectivity index (χ0n) is 17.0. The molecule has 0 fully saturated rings. The van der Waals surface area contributed by atoms with Crippen LogP contribution in [0.15, 0.2) is 73.2 Å². The van der Waals surface area contributed by atoms with Gasteiger partial charge in [-0.3, -0.25) is 0 Å². The second kappa shape index (κ2) is 9.97. The summed E-state index contributed by atoms with van der Waals surface area (Å²) in [5, 5.41) is 0. The van der Waals surface area contributed by atoms with Crippen LogP contribution in [0, 0.1) is 13.8 Å². The van der Waals surface area contributed by atoms with Crippen LogP contribution in [0.1, 0.15) is 11.1 Å². The van der Waals surface area contributed by atoms with Gasteiger partial charge in [-0.05, 0) is 37.6 Å². The number of hydrogen-bond donors (Lipinski definition) is 0. The SMILES string of the molecule is Cc1ccc(-c2c[n+]3ccccc3c3cccc[n+]23)c(C)c1.F[B-](F)(F)F.F[B-](F)(F)F. The lowest BCUT2D eigenvalue weighted by Crippen LogP contribution is -2.34. The summed E-state index contributed by atoms with van der Waals surface area (Å²) < 4.78 is 82.5. The minimum Gasteiger partial charge on any atom is -0.418 e. The normalized spacial score (nSPS) is 11.4. The van der Waals surface area contributed by atoms with Crippen LogP contribution in [-0.4, -0.2) is 14.5 Å². The van der Waals surface area contributed by atoms with Gasteiger partial charge in [-0.15, -0.1) is 4.40 Å². The Kier molecular flexibility index (Phi) is 7.82. The van der Waals surface area contributed by atoms with E-state index in [0.29, 0.717) is 0 Å². The number of aromatic nitrogens is 2. The average molecular weight is 460 g/mol. The Morgan fingerprint density at radius 1 is 0.656 bits per heavy atom. The molecule has 32 heavy (non-hydrogen) atoms. The first kappa shape index (κ1) is 25.1. The summed E-state index contributed by atoms with van der Waals surface area (Å²) in [5.74, 6) is 0. The Balaban J connectivity index is 0.000000308. The number of aryl methyl sites for hydroxylation is 2. The second-order valence-electron chi connectivity index (χ2n) is 6.77. The van der Waals surface area contributed by atoms with Crippen molar-refractivity contribution in [2.75, 3.05) is 0 Å². The number of nitrogens with zero attached hydrogens (tertiary/aromatic N) is 2. The van der Waals surface area contributed by atoms with E-state index < -0.39 is 14.5 Å². The molecule has 0 amide bonds. The van der Waals surface area contributed by atoms with Crippen molar-refractivity contribution in [1.29, 1.82) is 0 Å². The summed E-state index contributed by atoms with van der Waals surface area (Å²) in [4.78, 5) is 0. The van der Waals surface area contributed by atoms with Gasteiger partial charge in [0.2, 0.25) is 6.20 Å². The molecule has 0 bridgehead atoms. The quantitative estimate of drug-likeness (QED) is 0.142. The van der Waals surface area contributed by atoms with E-state index >= 15 is 0 Å². The van der Waals surface area contributed by atoms with Crippen LogP contribution in [0.5, 0.6) is 0 Å². The molecule has 4 rings (SSSR count). The molecule has 0 aliphatic carbocycles. The first-order chi connectivity index (χ1) is 14.7. The largest absolute Gasteiger partial charge is 0.673 e. The molecule has 0 saturated carbocycles. The van der Waals surface area contributed by atoms with E-state index in [9.17, 15) is 34.5 Å². The molecule has 0 atom stereocenters. The van der Waals surface area contributed by atoms with Crippen LogP contribution in [0.2, 0.25) is 0 Å². The van der Waals surface area contributed by atoms with E-state index in [0.717, 1.165) is 0 Å². The maximum absolute atomic E-state index is 9.75. The smallest absolute Gasteiger partial charge is 0.418 e. The predicted octanol–water partition coefficient (Wildman–Crippen LogP) is 6.05. The van der Waals surface area contributed by atoms with Crippen molar-refractivity contribution >= 4 is 25.5 Å². The average Bonchev–Trinajstić information content (AvgIpc) is 2.65. The van der Waals surface area contributed by atoms with Crippen LogP contribution in [-0.2, 0) is 0 Å². The molecule has 3 heterocycles. The highest BCUT2D eigenvalue weighted by atomic mass is 19.5. The minimum atomic E-state index is -6.00. The van der Waals surface area contributed by atoms with Crippen molar-refractivity contribution in [2.45, 2.75) is 13.8 Å². The molecule has 0 aliphatic rings. The highest BCUT2D eigenvalue weighted by molar-refractivity contribution is 6.50. The van der Waals surface area contributed by atoms with Gasteiger partial charge in [0.1, 0.15) is 0 Å². The van der Waals surface area contributed by atoms with Crippen molar-refractivity contribution in [2.24, 2.45) is 0 Å². The molecule has 0 spiro atoms. The van der Waals surface area contributed by atoms with Gasteiger partial charge in [0.15, 0.2) is 12.4 Å². The molecule has 170 valence electrons. The monoisotopic (exact) mass is 460 g/mol. The van der Waals surface area contributed by atoms with E-state index in [-0.39, 0.29) is 0 Å². The zero-order chi connectivity index (χ0) is 24.1. The van der Waals surface area contributed by atoms with Crippen LogP contribution < -0.4 is 8.80 Å². The van der Waals surface area contributed by atoms with Crippen molar-refractivity contribution in [1.82, 2.24) is 0 Å². The van der Waals surface area contributed by atoms with Gasteiger partial charge in [-0.25, -0.2) is 0 Å². The first-order valence-electron chi connectivity index (χ1n) is 9.30. The van der Waals surface area contributed by atoms with Gasteiger partial charge < -0.3 is 34.5 Å². The molecule has 12 heteroatoms. The Labute approximate surface area is 179 Å². The number of pyridine rings is 2. The Hall–Kier alpha value is -3.17. The lowest BCUT2D eigenvalue weighted by atomic mass is 10.0. The highest BCUT2D eigenvalue weighted by Crippen LogP contribution is 2.21. The number of halogens is 8. The number of benzene rings is 1. The van der Waals surface area contributed by atoms with Gasteiger partial charge in [-0.2, -0.15) is 4.40 Å².